The van der Waals surface area contributed by atoms with Gasteiger partial charge in [-0.3, -0.25) is 9.59 Å². The Morgan fingerprint density at radius 1 is 1.27 bits per heavy atom. The number of amides is 2. The number of hydrogen-bond donors (Lipinski definition) is 0. The van der Waals surface area contributed by atoms with Crippen molar-refractivity contribution in [1.29, 1.82) is 0 Å². The molecule has 138 valence electrons. The number of benzene rings is 1. The number of thiophene rings is 1. The molecule has 1 aliphatic rings. The molecule has 1 saturated heterocycles. The first-order valence-corrected chi connectivity index (χ1v) is 9.70. The van der Waals surface area contributed by atoms with Crippen molar-refractivity contribution in [2.24, 2.45) is 5.92 Å². The molecule has 3 rings (SSSR count). The largest absolute Gasteiger partial charge is 0.335 e. The highest BCUT2D eigenvalue weighted by atomic mass is 32.1. The van der Waals surface area contributed by atoms with Crippen LogP contribution in [0.2, 0.25) is 0 Å². The van der Waals surface area contributed by atoms with E-state index in [1.807, 2.05) is 22.4 Å². The standard InChI is InChI=1S/C20H23FN2O2S/c1-14(2)17-13-22(20(25)18-4-3-11-26-18)10-9-19(24)23(17)12-15-5-7-16(21)8-6-15/h3-8,11,14,17H,9-10,12-13H2,1-2H3. The second-order valence-corrected chi connectivity index (χ2v) is 7.89. The topological polar surface area (TPSA) is 40.6 Å². The lowest BCUT2D eigenvalue weighted by Crippen LogP contribution is -2.47. The zero-order chi connectivity index (χ0) is 18.7. The van der Waals surface area contributed by atoms with Gasteiger partial charge in [0.25, 0.3) is 5.91 Å². The van der Waals surface area contributed by atoms with Gasteiger partial charge in [0.2, 0.25) is 5.91 Å². The van der Waals surface area contributed by atoms with E-state index in [1.165, 1.54) is 23.5 Å². The van der Waals surface area contributed by atoms with E-state index in [4.69, 9.17) is 0 Å². The highest BCUT2D eigenvalue weighted by Crippen LogP contribution is 2.23. The number of carbonyl (C=O) groups is 2. The van der Waals surface area contributed by atoms with Crippen molar-refractivity contribution in [2.45, 2.75) is 32.9 Å². The minimum Gasteiger partial charge on any atom is -0.335 e. The Labute approximate surface area is 157 Å². The third-order valence-electron chi connectivity index (χ3n) is 4.78. The van der Waals surface area contributed by atoms with Crippen molar-refractivity contribution in [3.63, 3.8) is 0 Å². The number of rotatable bonds is 4. The average Bonchev–Trinajstić information content (AvgIpc) is 3.10. The number of carbonyl (C=O) groups excluding carboxylic acids is 2. The second-order valence-electron chi connectivity index (χ2n) is 6.94. The molecule has 1 aromatic carbocycles. The maximum absolute atomic E-state index is 13.2. The van der Waals surface area contributed by atoms with E-state index in [9.17, 15) is 14.0 Å². The highest BCUT2D eigenvalue weighted by Gasteiger charge is 2.33. The van der Waals surface area contributed by atoms with Crippen LogP contribution < -0.4 is 0 Å². The quantitative estimate of drug-likeness (QED) is 0.817. The molecule has 0 aliphatic carbocycles. The summed E-state index contributed by atoms with van der Waals surface area (Å²) < 4.78 is 13.2. The molecular formula is C20H23FN2O2S. The maximum Gasteiger partial charge on any atom is 0.264 e. The van der Waals surface area contributed by atoms with Crippen LogP contribution in [0.4, 0.5) is 4.39 Å². The van der Waals surface area contributed by atoms with Gasteiger partial charge in [0.05, 0.1) is 10.9 Å². The van der Waals surface area contributed by atoms with Gasteiger partial charge >= 0.3 is 0 Å². The molecule has 0 radical (unpaired) electrons. The Balaban J connectivity index is 1.81. The summed E-state index contributed by atoms with van der Waals surface area (Å²) in [6.07, 6.45) is 0.307. The molecule has 4 nitrogen and oxygen atoms in total. The van der Waals surface area contributed by atoms with E-state index >= 15 is 0 Å². The van der Waals surface area contributed by atoms with Crippen LogP contribution in [0.5, 0.6) is 0 Å². The molecule has 2 heterocycles. The van der Waals surface area contributed by atoms with Crippen LogP contribution in [0, 0.1) is 11.7 Å². The Bertz CT molecular complexity index is 759. The van der Waals surface area contributed by atoms with Gasteiger partial charge in [-0.05, 0) is 35.1 Å². The van der Waals surface area contributed by atoms with Gasteiger partial charge < -0.3 is 9.80 Å². The SMILES string of the molecule is CC(C)C1CN(C(=O)c2cccs2)CCC(=O)N1Cc1ccc(F)cc1. The molecule has 0 N–H and O–H groups in total. The van der Waals surface area contributed by atoms with E-state index in [-0.39, 0.29) is 29.6 Å². The molecule has 2 aromatic rings. The summed E-state index contributed by atoms with van der Waals surface area (Å²) >= 11 is 1.42. The summed E-state index contributed by atoms with van der Waals surface area (Å²) in [6, 6.07) is 9.85. The summed E-state index contributed by atoms with van der Waals surface area (Å²) in [5, 5.41) is 1.89. The highest BCUT2D eigenvalue weighted by molar-refractivity contribution is 7.12. The van der Waals surface area contributed by atoms with Gasteiger partial charge in [-0.2, -0.15) is 0 Å². The normalized spacial score (nSPS) is 18.3. The Morgan fingerprint density at radius 3 is 2.62 bits per heavy atom. The van der Waals surface area contributed by atoms with Crippen LogP contribution in [-0.4, -0.2) is 40.7 Å². The minimum absolute atomic E-state index is 0.0120. The molecule has 6 heteroatoms. The smallest absolute Gasteiger partial charge is 0.264 e. The van der Waals surface area contributed by atoms with Crippen LogP contribution in [0.1, 0.15) is 35.5 Å². The molecule has 1 atom stereocenters. The van der Waals surface area contributed by atoms with Gasteiger partial charge in [-0.1, -0.05) is 32.0 Å². The van der Waals surface area contributed by atoms with Crippen LogP contribution in [0.15, 0.2) is 41.8 Å². The zero-order valence-corrected chi connectivity index (χ0v) is 15.8. The number of halogens is 1. The average molecular weight is 374 g/mol. The molecule has 0 saturated carbocycles. The second kappa shape index (κ2) is 7.99. The summed E-state index contributed by atoms with van der Waals surface area (Å²) in [6.45, 7) is 5.51. The molecule has 1 unspecified atom stereocenters. The summed E-state index contributed by atoms with van der Waals surface area (Å²) in [4.78, 5) is 29.9. The van der Waals surface area contributed by atoms with E-state index in [2.05, 4.69) is 13.8 Å². The lowest BCUT2D eigenvalue weighted by molar-refractivity contribution is -0.134. The van der Waals surface area contributed by atoms with Crippen molar-refractivity contribution in [1.82, 2.24) is 9.80 Å². The third-order valence-corrected chi connectivity index (χ3v) is 5.64. The van der Waals surface area contributed by atoms with Crippen molar-refractivity contribution < 1.29 is 14.0 Å². The molecular weight excluding hydrogens is 351 g/mol. The van der Waals surface area contributed by atoms with Crippen molar-refractivity contribution in [3.05, 3.63) is 58.0 Å². The van der Waals surface area contributed by atoms with E-state index in [0.29, 0.717) is 30.9 Å². The molecule has 1 aliphatic heterocycles. The first-order chi connectivity index (χ1) is 12.5. The molecule has 0 spiro atoms. The third kappa shape index (κ3) is 4.12. The lowest BCUT2D eigenvalue weighted by Gasteiger charge is -2.34. The monoisotopic (exact) mass is 374 g/mol. The molecule has 0 bridgehead atoms. The number of nitrogens with zero attached hydrogens (tertiary/aromatic N) is 2. The van der Waals surface area contributed by atoms with Gasteiger partial charge in [0.1, 0.15) is 5.82 Å². The van der Waals surface area contributed by atoms with Gasteiger partial charge in [-0.15, -0.1) is 11.3 Å². The first-order valence-electron chi connectivity index (χ1n) is 8.82. The van der Waals surface area contributed by atoms with Crippen LogP contribution >= 0.6 is 11.3 Å². The van der Waals surface area contributed by atoms with Crippen LogP contribution in [-0.2, 0) is 11.3 Å². The zero-order valence-electron chi connectivity index (χ0n) is 15.0. The fourth-order valence-corrected chi connectivity index (χ4v) is 3.97. The lowest BCUT2D eigenvalue weighted by atomic mass is 10.0. The fourth-order valence-electron chi connectivity index (χ4n) is 3.28. The van der Waals surface area contributed by atoms with Crippen molar-refractivity contribution >= 4 is 23.2 Å². The van der Waals surface area contributed by atoms with Gasteiger partial charge in [0.15, 0.2) is 0 Å². The predicted molar refractivity (Wildman–Crippen MR) is 100 cm³/mol. The van der Waals surface area contributed by atoms with Gasteiger partial charge in [0, 0.05) is 26.1 Å². The predicted octanol–water partition coefficient (Wildman–Crippen LogP) is 3.79. The molecule has 1 fully saturated rings. The molecule has 2 amide bonds. The summed E-state index contributed by atoms with van der Waals surface area (Å²) in [5.74, 6) is -0.0585. The molecule has 1 aromatic heterocycles. The fraction of sp³-hybridized carbons (Fsp3) is 0.400. The van der Waals surface area contributed by atoms with E-state index in [0.717, 1.165) is 5.56 Å². The van der Waals surface area contributed by atoms with Crippen LogP contribution in [0.25, 0.3) is 0 Å². The summed E-state index contributed by atoms with van der Waals surface area (Å²) in [7, 11) is 0. The van der Waals surface area contributed by atoms with Crippen LogP contribution in [0.3, 0.4) is 0 Å². The Morgan fingerprint density at radius 2 is 2.00 bits per heavy atom. The maximum atomic E-state index is 13.2. The Hall–Kier alpha value is -2.21. The van der Waals surface area contributed by atoms with Crippen molar-refractivity contribution in [3.8, 4) is 0 Å². The van der Waals surface area contributed by atoms with E-state index < -0.39 is 0 Å². The van der Waals surface area contributed by atoms with E-state index in [1.54, 1.807) is 17.0 Å². The minimum atomic E-state index is -0.288. The number of hydrogen-bond acceptors (Lipinski definition) is 3. The first kappa shape index (κ1) is 18.6. The molecule has 26 heavy (non-hydrogen) atoms. The Kier molecular flexibility index (Phi) is 5.71. The van der Waals surface area contributed by atoms with Crippen molar-refractivity contribution in [2.75, 3.05) is 13.1 Å². The summed E-state index contributed by atoms with van der Waals surface area (Å²) in [5.41, 5.74) is 0.892. The van der Waals surface area contributed by atoms with Gasteiger partial charge in [-0.25, -0.2) is 4.39 Å².